The van der Waals surface area contributed by atoms with Crippen molar-refractivity contribution in [2.24, 2.45) is 12.8 Å². The lowest BCUT2D eigenvalue weighted by Crippen LogP contribution is -2.34. The molecule has 1 rings (SSSR count). The number of rotatable bonds is 5. The molecule has 0 atom stereocenters. The number of aryl methyl sites for hydroxylation is 1. The lowest BCUT2D eigenvalue weighted by Gasteiger charge is -2.20. The van der Waals surface area contributed by atoms with Gasteiger partial charge in [-0.15, -0.1) is 0 Å². The summed E-state index contributed by atoms with van der Waals surface area (Å²) in [6.07, 6.45) is 2.15. The number of aromatic nitrogens is 2. The highest BCUT2D eigenvalue weighted by Crippen LogP contribution is 2.04. The van der Waals surface area contributed by atoms with Crippen molar-refractivity contribution in [1.29, 1.82) is 0 Å². The van der Waals surface area contributed by atoms with Gasteiger partial charge >= 0.3 is 0 Å². The molecule has 0 saturated heterocycles. The molecule has 16 heavy (non-hydrogen) atoms. The van der Waals surface area contributed by atoms with Gasteiger partial charge in [0.15, 0.2) is 0 Å². The zero-order valence-corrected chi connectivity index (χ0v) is 10.3. The van der Waals surface area contributed by atoms with Crippen LogP contribution in [-0.4, -0.2) is 38.7 Å². The van der Waals surface area contributed by atoms with Crippen molar-refractivity contribution in [2.45, 2.75) is 13.3 Å². The van der Waals surface area contributed by atoms with Crippen molar-refractivity contribution >= 4 is 23.1 Å². The molecule has 0 aromatic carbocycles. The monoisotopic (exact) mass is 240 g/mol. The van der Waals surface area contributed by atoms with Crippen LogP contribution in [-0.2, 0) is 7.05 Å². The van der Waals surface area contributed by atoms with Crippen LogP contribution in [0.1, 0.15) is 23.8 Å². The van der Waals surface area contributed by atoms with Crippen molar-refractivity contribution in [3.8, 4) is 0 Å². The molecule has 2 N–H and O–H groups in total. The molecule has 6 heteroatoms. The Bertz CT molecular complexity index is 388. The van der Waals surface area contributed by atoms with E-state index in [2.05, 4.69) is 5.10 Å². The molecule has 5 nitrogen and oxygen atoms in total. The Labute approximate surface area is 100 Å². The van der Waals surface area contributed by atoms with Gasteiger partial charge in [0.2, 0.25) is 0 Å². The maximum atomic E-state index is 12.1. The molecule has 0 unspecified atom stereocenters. The van der Waals surface area contributed by atoms with Gasteiger partial charge in [0, 0.05) is 32.8 Å². The van der Waals surface area contributed by atoms with Crippen molar-refractivity contribution in [3.63, 3.8) is 0 Å². The average molecular weight is 240 g/mol. The third-order valence-electron chi connectivity index (χ3n) is 2.34. The van der Waals surface area contributed by atoms with E-state index in [0.29, 0.717) is 30.2 Å². The fourth-order valence-electron chi connectivity index (χ4n) is 1.39. The number of thiocarbonyl (C=S) groups is 1. The predicted octanol–water partition coefficient (Wildman–Crippen LogP) is 0.558. The van der Waals surface area contributed by atoms with Gasteiger partial charge in [-0.2, -0.15) is 5.10 Å². The first-order valence-corrected chi connectivity index (χ1v) is 5.52. The summed E-state index contributed by atoms with van der Waals surface area (Å²) >= 11 is 4.80. The molecule has 0 bridgehead atoms. The van der Waals surface area contributed by atoms with Gasteiger partial charge < -0.3 is 10.6 Å². The van der Waals surface area contributed by atoms with Gasteiger partial charge in [0.1, 0.15) is 5.69 Å². The summed E-state index contributed by atoms with van der Waals surface area (Å²) in [5.41, 5.74) is 5.99. The van der Waals surface area contributed by atoms with Gasteiger partial charge in [-0.25, -0.2) is 0 Å². The van der Waals surface area contributed by atoms with E-state index in [1.807, 2.05) is 6.92 Å². The highest BCUT2D eigenvalue weighted by Gasteiger charge is 2.16. The molecule has 0 aliphatic rings. The van der Waals surface area contributed by atoms with Crippen LogP contribution in [0.2, 0.25) is 0 Å². The molecule has 0 fully saturated rings. The first-order valence-electron chi connectivity index (χ1n) is 5.11. The second-order valence-electron chi connectivity index (χ2n) is 3.44. The number of amides is 1. The maximum Gasteiger partial charge on any atom is 0.272 e. The minimum Gasteiger partial charge on any atom is -0.393 e. The second kappa shape index (κ2) is 5.60. The number of carbonyl (C=O) groups excluding carboxylic acids is 1. The third-order valence-corrected chi connectivity index (χ3v) is 2.54. The van der Waals surface area contributed by atoms with E-state index in [4.69, 9.17) is 18.0 Å². The lowest BCUT2D eigenvalue weighted by molar-refractivity contribution is 0.0758. The largest absolute Gasteiger partial charge is 0.393 e. The molecule has 1 amide bonds. The molecular formula is C10H16N4OS. The van der Waals surface area contributed by atoms with Gasteiger partial charge in [-0.05, 0) is 13.0 Å². The number of nitrogens with zero attached hydrogens (tertiary/aromatic N) is 3. The fourth-order valence-corrected chi connectivity index (χ4v) is 1.49. The Morgan fingerprint density at radius 1 is 1.69 bits per heavy atom. The third kappa shape index (κ3) is 3.03. The summed E-state index contributed by atoms with van der Waals surface area (Å²) in [6.45, 7) is 3.11. The fraction of sp³-hybridized carbons (Fsp3) is 0.500. The number of nitrogens with two attached hydrogens (primary N) is 1. The summed E-state index contributed by atoms with van der Waals surface area (Å²) < 4.78 is 1.56. The van der Waals surface area contributed by atoms with Gasteiger partial charge in [0.25, 0.3) is 5.91 Å². The number of hydrogen-bond donors (Lipinski definition) is 1. The molecule has 1 aromatic rings. The Balaban J connectivity index is 2.70. The topological polar surface area (TPSA) is 64.2 Å². The smallest absolute Gasteiger partial charge is 0.272 e. The van der Waals surface area contributed by atoms with E-state index in [1.54, 1.807) is 28.9 Å². The van der Waals surface area contributed by atoms with Crippen molar-refractivity contribution in [2.75, 3.05) is 13.1 Å². The van der Waals surface area contributed by atoms with Gasteiger partial charge in [-0.1, -0.05) is 12.2 Å². The molecule has 0 saturated carbocycles. The van der Waals surface area contributed by atoms with Crippen molar-refractivity contribution in [3.05, 3.63) is 18.0 Å². The summed E-state index contributed by atoms with van der Waals surface area (Å²) in [5, 5.41) is 3.97. The minimum absolute atomic E-state index is 0.0428. The summed E-state index contributed by atoms with van der Waals surface area (Å²) in [4.78, 5) is 14.2. The quantitative estimate of drug-likeness (QED) is 0.764. The van der Waals surface area contributed by atoms with Crippen LogP contribution in [0.25, 0.3) is 0 Å². The van der Waals surface area contributed by atoms with Crippen LogP contribution >= 0.6 is 12.2 Å². The SMILES string of the molecule is CCN(CCC(N)=S)C(=O)c1ccnn1C. The molecule has 0 spiro atoms. The van der Waals surface area contributed by atoms with E-state index in [-0.39, 0.29) is 5.91 Å². The van der Waals surface area contributed by atoms with E-state index >= 15 is 0 Å². The van der Waals surface area contributed by atoms with E-state index < -0.39 is 0 Å². The Kier molecular flexibility index (Phi) is 4.42. The van der Waals surface area contributed by atoms with Crippen LogP contribution in [0.15, 0.2) is 12.3 Å². The molecule has 0 aliphatic carbocycles. The Morgan fingerprint density at radius 3 is 2.81 bits per heavy atom. The standard InChI is InChI=1S/C10H16N4OS/c1-3-14(7-5-9(11)16)10(15)8-4-6-12-13(8)2/h4,6H,3,5,7H2,1-2H3,(H2,11,16). The van der Waals surface area contributed by atoms with Crippen LogP contribution in [0.5, 0.6) is 0 Å². The normalized spacial score (nSPS) is 10.1. The van der Waals surface area contributed by atoms with Crippen LogP contribution in [0, 0.1) is 0 Å². The first-order chi connectivity index (χ1) is 7.56. The second-order valence-corrected chi connectivity index (χ2v) is 3.97. The van der Waals surface area contributed by atoms with Crippen molar-refractivity contribution < 1.29 is 4.79 Å². The highest BCUT2D eigenvalue weighted by molar-refractivity contribution is 7.80. The van der Waals surface area contributed by atoms with Crippen molar-refractivity contribution in [1.82, 2.24) is 14.7 Å². The summed E-state index contributed by atoms with van der Waals surface area (Å²) in [7, 11) is 1.74. The Morgan fingerprint density at radius 2 is 2.38 bits per heavy atom. The summed E-state index contributed by atoms with van der Waals surface area (Å²) in [5.74, 6) is -0.0428. The van der Waals surface area contributed by atoms with Crippen LogP contribution in [0.4, 0.5) is 0 Å². The molecule has 1 heterocycles. The summed E-state index contributed by atoms with van der Waals surface area (Å²) in [6, 6.07) is 1.70. The van der Waals surface area contributed by atoms with Gasteiger partial charge in [0.05, 0.1) is 4.99 Å². The molecular weight excluding hydrogens is 224 g/mol. The van der Waals surface area contributed by atoms with E-state index in [9.17, 15) is 4.79 Å². The lowest BCUT2D eigenvalue weighted by atomic mass is 10.3. The zero-order valence-electron chi connectivity index (χ0n) is 9.51. The molecule has 1 aromatic heterocycles. The first kappa shape index (κ1) is 12.6. The molecule has 0 radical (unpaired) electrons. The zero-order chi connectivity index (χ0) is 12.1. The van der Waals surface area contributed by atoms with E-state index in [1.165, 1.54) is 0 Å². The minimum atomic E-state index is -0.0428. The Hall–Kier alpha value is -1.43. The molecule has 0 aliphatic heterocycles. The van der Waals surface area contributed by atoms with E-state index in [0.717, 1.165) is 0 Å². The van der Waals surface area contributed by atoms with Crippen LogP contribution in [0.3, 0.4) is 0 Å². The maximum absolute atomic E-state index is 12.1. The van der Waals surface area contributed by atoms with Crippen LogP contribution < -0.4 is 5.73 Å². The molecule has 88 valence electrons. The number of carbonyl (C=O) groups is 1. The average Bonchev–Trinajstić information content (AvgIpc) is 2.64. The predicted molar refractivity (Wildman–Crippen MR) is 66.2 cm³/mol. The highest BCUT2D eigenvalue weighted by atomic mass is 32.1. The van der Waals surface area contributed by atoms with Gasteiger partial charge in [-0.3, -0.25) is 9.48 Å². The number of hydrogen-bond acceptors (Lipinski definition) is 3.